The molecular formula is C11H19N3O2. The van der Waals surface area contributed by atoms with Gasteiger partial charge in [0, 0.05) is 11.3 Å². The van der Waals surface area contributed by atoms with Gasteiger partial charge in [-0.1, -0.05) is 39.8 Å². The van der Waals surface area contributed by atoms with Gasteiger partial charge in [0.15, 0.2) is 5.71 Å². The summed E-state index contributed by atoms with van der Waals surface area (Å²) >= 11 is 0. The normalized spacial score (nSPS) is 12.3. The number of ketones is 1. The number of oxime groups is 1. The molecular weight excluding hydrogens is 206 g/mol. The molecule has 0 rings (SSSR count). The van der Waals surface area contributed by atoms with E-state index >= 15 is 0 Å². The fraction of sp³-hybridized carbons (Fsp3) is 0.727. The minimum absolute atomic E-state index is 0.0376. The zero-order valence-electron chi connectivity index (χ0n) is 10.7. The van der Waals surface area contributed by atoms with Crippen LogP contribution in [0, 0.1) is 11.3 Å². The summed E-state index contributed by atoms with van der Waals surface area (Å²) in [5.74, 6) is -0.511. The molecule has 0 aliphatic heterocycles. The van der Waals surface area contributed by atoms with Crippen molar-refractivity contribution in [3.05, 3.63) is 5.53 Å². The minimum Gasteiger partial charge on any atom is -0.399 e. The molecule has 0 saturated heterocycles. The molecule has 5 nitrogen and oxygen atoms in total. The van der Waals surface area contributed by atoms with E-state index in [1.54, 1.807) is 13.8 Å². The van der Waals surface area contributed by atoms with Gasteiger partial charge in [0.05, 0.1) is 0 Å². The third-order valence-corrected chi connectivity index (χ3v) is 1.98. The number of Topliss-reactive ketones (excluding diaryl/α,β-unsaturated/α-hetero) is 1. The average Bonchev–Trinajstić information content (AvgIpc) is 2.15. The highest BCUT2D eigenvalue weighted by atomic mass is 16.6. The Kier molecular flexibility index (Phi) is 5.05. The highest BCUT2D eigenvalue weighted by Gasteiger charge is 2.37. The lowest BCUT2D eigenvalue weighted by molar-refractivity contribution is -0.119. The van der Waals surface area contributed by atoms with Gasteiger partial charge in [-0.15, -0.1) is 0 Å². The van der Waals surface area contributed by atoms with E-state index in [1.165, 1.54) is 7.11 Å². The van der Waals surface area contributed by atoms with Crippen LogP contribution in [0.15, 0.2) is 5.16 Å². The van der Waals surface area contributed by atoms with Crippen molar-refractivity contribution in [3.63, 3.8) is 0 Å². The first-order valence-electron chi connectivity index (χ1n) is 5.14. The van der Waals surface area contributed by atoms with Crippen LogP contribution >= 0.6 is 0 Å². The van der Waals surface area contributed by atoms with Gasteiger partial charge in [0.2, 0.25) is 5.78 Å². The summed E-state index contributed by atoms with van der Waals surface area (Å²) in [5.41, 5.74) is 8.81. The molecule has 0 spiro atoms. The van der Waals surface area contributed by atoms with E-state index in [-0.39, 0.29) is 17.4 Å². The number of rotatable bonds is 4. The summed E-state index contributed by atoms with van der Waals surface area (Å²) in [5, 5.41) is 3.78. The van der Waals surface area contributed by atoms with Crippen LogP contribution in [0.4, 0.5) is 0 Å². The molecule has 0 heterocycles. The van der Waals surface area contributed by atoms with Gasteiger partial charge >= 0.3 is 5.71 Å². The summed E-state index contributed by atoms with van der Waals surface area (Å²) in [6, 6.07) is 0. The van der Waals surface area contributed by atoms with Gasteiger partial charge in [-0.2, -0.15) is 4.79 Å². The number of carbonyl (C=O) groups is 1. The predicted octanol–water partition coefficient (Wildman–Crippen LogP) is 1.93. The van der Waals surface area contributed by atoms with Crippen LogP contribution in [-0.2, 0) is 9.63 Å². The summed E-state index contributed by atoms with van der Waals surface area (Å²) < 4.78 is 0. The molecule has 5 heteroatoms. The molecule has 0 aromatic rings. The molecule has 0 fully saturated rings. The Balaban J connectivity index is 5.47. The van der Waals surface area contributed by atoms with E-state index in [0.29, 0.717) is 5.71 Å². The second-order valence-electron chi connectivity index (χ2n) is 4.84. The third kappa shape index (κ3) is 3.59. The maximum Gasteiger partial charge on any atom is 0.383 e. The Hall–Kier alpha value is -1.48. The first kappa shape index (κ1) is 14.5. The lowest BCUT2D eigenvalue weighted by Crippen LogP contribution is -2.37. The summed E-state index contributed by atoms with van der Waals surface area (Å²) in [4.78, 5) is 19.5. The van der Waals surface area contributed by atoms with E-state index in [1.807, 2.05) is 20.8 Å². The zero-order valence-corrected chi connectivity index (χ0v) is 10.7. The summed E-state index contributed by atoms with van der Waals surface area (Å²) in [6.07, 6.45) is 0. The number of nitrogens with zero attached hydrogens (tertiary/aromatic N) is 3. The van der Waals surface area contributed by atoms with Gasteiger partial charge in [-0.25, -0.2) is 0 Å². The summed E-state index contributed by atoms with van der Waals surface area (Å²) in [6.45, 7) is 9.07. The van der Waals surface area contributed by atoms with Crippen LogP contribution in [0.2, 0.25) is 0 Å². The molecule has 0 aromatic heterocycles. The van der Waals surface area contributed by atoms with Crippen molar-refractivity contribution in [1.29, 1.82) is 0 Å². The van der Waals surface area contributed by atoms with Gasteiger partial charge < -0.3 is 10.4 Å². The minimum atomic E-state index is -0.428. The van der Waals surface area contributed by atoms with Crippen LogP contribution in [0.25, 0.3) is 5.53 Å². The molecule has 0 aromatic carbocycles. The first-order chi connectivity index (χ1) is 7.25. The van der Waals surface area contributed by atoms with Gasteiger partial charge in [0.1, 0.15) is 7.11 Å². The van der Waals surface area contributed by atoms with Crippen LogP contribution < -0.4 is 0 Å². The number of carbonyl (C=O) groups excluding carboxylic acids is 1. The Morgan fingerprint density at radius 2 is 1.88 bits per heavy atom. The van der Waals surface area contributed by atoms with Crippen molar-refractivity contribution in [2.45, 2.75) is 34.6 Å². The lowest BCUT2D eigenvalue weighted by Gasteiger charge is -2.17. The second kappa shape index (κ2) is 5.56. The van der Waals surface area contributed by atoms with Gasteiger partial charge in [-0.05, 0) is 0 Å². The lowest BCUT2D eigenvalue weighted by atomic mass is 9.84. The average molecular weight is 225 g/mol. The molecule has 90 valence electrons. The van der Waals surface area contributed by atoms with Crippen molar-refractivity contribution in [1.82, 2.24) is 0 Å². The molecule has 16 heavy (non-hydrogen) atoms. The van der Waals surface area contributed by atoms with E-state index < -0.39 is 5.41 Å². The fourth-order valence-corrected chi connectivity index (χ4v) is 1.11. The number of hydrogen-bond donors (Lipinski definition) is 0. The van der Waals surface area contributed by atoms with E-state index in [4.69, 9.17) is 5.53 Å². The molecule has 0 saturated carbocycles. The highest BCUT2D eigenvalue weighted by molar-refractivity contribution is 6.66. The van der Waals surface area contributed by atoms with Crippen molar-refractivity contribution in [3.8, 4) is 0 Å². The molecule has 0 aliphatic rings. The molecule has 0 unspecified atom stereocenters. The second-order valence-corrected chi connectivity index (χ2v) is 4.84. The summed E-state index contributed by atoms with van der Waals surface area (Å²) in [7, 11) is 1.39. The predicted molar refractivity (Wildman–Crippen MR) is 62.4 cm³/mol. The Bertz CT molecular complexity index is 345. The molecule has 0 bridgehead atoms. The van der Waals surface area contributed by atoms with Crippen LogP contribution in [0.1, 0.15) is 34.6 Å². The Morgan fingerprint density at radius 3 is 2.12 bits per heavy atom. The molecule has 0 radical (unpaired) electrons. The standard InChI is InChI=1S/C11H19N3O2/c1-7(2)9(15)8(13-12)10(14-16-6)11(3,4)5/h7H,1-6H3/b14-10-. The Labute approximate surface area is 96.1 Å². The van der Waals surface area contributed by atoms with Crippen molar-refractivity contribution in [2.75, 3.05) is 7.11 Å². The van der Waals surface area contributed by atoms with Crippen LogP contribution in [0.3, 0.4) is 0 Å². The zero-order chi connectivity index (χ0) is 12.9. The van der Waals surface area contributed by atoms with E-state index in [2.05, 4.69) is 14.8 Å². The molecule has 0 aliphatic carbocycles. The van der Waals surface area contributed by atoms with Crippen molar-refractivity contribution >= 4 is 17.2 Å². The smallest absolute Gasteiger partial charge is 0.383 e. The van der Waals surface area contributed by atoms with Gasteiger partial charge in [-0.3, -0.25) is 4.79 Å². The first-order valence-corrected chi connectivity index (χ1v) is 5.14. The number of hydrogen-bond acceptors (Lipinski definition) is 3. The fourth-order valence-electron chi connectivity index (χ4n) is 1.11. The SMILES string of the molecule is CO/N=C(/C(=[N+]=[N-])C(=O)C(C)C)C(C)(C)C. The maximum absolute atomic E-state index is 11.8. The van der Waals surface area contributed by atoms with Gasteiger partial charge in [0.25, 0.3) is 0 Å². The van der Waals surface area contributed by atoms with Crippen molar-refractivity contribution < 1.29 is 14.4 Å². The topological polar surface area (TPSA) is 75.1 Å². The maximum atomic E-state index is 11.8. The monoisotopic (exact) mass is 225 g/mol. The molecule has 0 atom stereocenters. The van der Waals surface area contributed by atoms with Crippen LogP contribution in [0.5, 0.6) is 0 Å². The highest BCUT2D eigenvalue weighted by Crippen LogP contribution is 2.18. The van der Waals surface area contributed by atoms with E-state index in [0.717, 1.165) is 0 Å². The van der Waals surface area contributed by atoms with E-state index in [9.17, 15) is 4.79 Å². The molecule has 0 amide bonds. The van der Waals surface area contributed by atoms with Crippen molar-refractivity contribution in [2.24, 2.45) is 16.5 Å². The quantitative estimate of drug-likeness (QED) is 0.317. The molecule has 0 N–H and O–H groups in total. The Morgan fingerprint density at radius 1 is 1.38 bits per heavy atom. The largest absolute Gasteiger partial charge is 0.399 e. The third-order valence-electron chi connectivity index (χ3n) is 1.98. The van der Waals surface area contributed by atoms with Crippen LogP contribution in [-0.4, -0.2) is 29.1 Å².